The zero-order valence-electron chi connectivity index (χ0n) is 9.28. The van der Waals surface area contributed by atoms with Crippen molar-refractivity contribution < 1.29 is 13.9 Å². The molecule has 5 heteroatoms. The molecule has 1 unspecified atom stereocenters. The van der Waals surface area contributed by atoms with E-state index < -0.39 is 11.7 Å². The molecular formula is C12H14FNO2S. The molecule has 1 saturated heterocycles. The lowest BCUT2D eigenvalue weighted by molar-refractivity contribution is 0.0854. The summed E-state index contributed by atoms with van der Waals surface area (Å²) in [5.41, 5.74) is 0.0236. The van der Waals surface area contributed by atoms with E-state index in [0.29, 0.717) is 11.4 Å². The van der Waals surface area contributed by atoms with Gasteiger partial charge in [-0.15, -0.1) is 12.6 Å². The molecule has 0 bridgehead atoms. The second-order valence-corrected chi connectivity index (χ2v) is 4.53. The molecule has 1 aromatic carbocycles. The summed E-state index contributed by atoms with van der Waals surface area (Å²) in [6, 6.07) is 4.17. The Kier molecular flexibility index (Phi) is 4.02. The molecule has 1 heterocycles. The highest BCUT2D eigenvalue weighted by Gasteiger charge is 2.18. The average molecular weight is 255 g/mol. The molecule has 3 nitrogen and oxygen atoms in total. The van der Waals surface area contributed by atoms with E-state index in [2.05, 4.69) is 17.9 Å². The molecule has 1 atom stereocenters. The zero-order valence-corrected chi connectivity index (χ0v) is 10.2. The molecule has 0 aromatic heterocycles. The Labute approximate surface area is 105 Å². The highest BCUT2D eigenvalue weighted by Crippen LogP contribution is 2.14. The predicted molar refractivity (Wildman–Crippen MR) is 65.0 cm³/mol. The molecule has 0 spiro atoms. The minimum atomic E-state index is -0.535. The van der Waals surface area contributed by atoms with Gasteiger partial charge in [-0.1, -0.05) is 0 Å². The minimum absolute atomic E-state index is 0.0236. The topological polar surface area (TPSA) is 38.3 Å². The van der Waals surface area contributed by atoms with E-state index in [9.17, 15) is 9.18 Å². The first-order valence-electron chi connectivity index (χ1n) is 5.55. The molecule has 1 N–H and O–H groups in total. The summed E-state index contributed by atoms with van der Waals surface area (Å²) in [4.78, 5) is 12.3. The lowest BCUT2D eigenvalue weighted by Crippen LogP contribution is -2.32. The Bertz CT molecular complexity index is 419. The first-order chi connectivity index (χ1) is 8.16. The second-order valence-electron chi connectivity index (χ2n) is 4.01. The Morgan fingerprint density at radius 1 is 1.59 bits per heavy atom. The number of carbonyl (C=O) groups is 1. The molecule has 2 rings (SSSR count). The van der Waals surface area contributed by atoms with E-state index in [-0.39, 0.29) is 11.7 Å². The Balaban J connectivity index is 1.96. The number of carbonyl (C=O) groups excluding carboxylic acids is 1. The largest absolute Gasteiger partial charge is 0.376 e. The van der Waals surface area contributed by atoms with Gasteiger partial charge in [0.2, 0.25) is 0 Å². The highest BCUT2D eigenvalue weighted by molar-refractivity contribution is 7.80. The summed E-state index contributed by atoms with van der Waals surface area (Å²) < 4.78 is 18.8. The third-order valence-electron chi connectivity index (χ3n) is 2.71. The summed E-state index contributed by atoms with van der Waals surface area (Å²) in [6.07, 6.45) is 2.01. The molecule has 1 aromatic rings. The van der Waals surface area contributed by atoms with Crippen LogP contribution in [0.5, 0.6) is 0 Å². The molecule has 0 radical (unpaired) electrons. The smallest absolute Gasteiger partial charge is 0.254 e. The van der Waals surface area contributed by atoms with Gasteiger partial charge in [-0.2, -0.15) is 0 Å². The number of benzene rings is 1. The van der Waals surface area contributed by atoms with Gasteiger partial charge in [-0.05, 0) is 31.0 Å². The normalized spacial score (nSPS) is 19.3. The van der Waals surface area contributed by atoms with Gasteiger partial charge in [-0.25, -0.2) is 4.39 Å². The van der Waals surface area contributed by atoms with Crippen LogP contribution >= 0.6 is 12.6 Å². The van der Waals surface area contributed by atoms with E-state index in [1.807, 2.05) is 0 Å². The number of hydrogen-bond donors (Lipinski definition) is 2. The number of amides is 1. The number of thiol groups is 1. The van der Waals surface area contributed by atoms with Crippen LogP contribution in [-0.4, -0.2) is 25.2 Å². The highest BCUT2D eigenvalue weighted by atomic mass is 32.1. The molecule has 92 valence electrons. The van der Waals surface area contributed by atoms with Crippen molar-refractivity contribution in [3.63, 3.8) is 0 Å². The van der Waals surface area contributed by atoms with Crippen molar-refractivity contribution in [2.24, 2.45) is 0 Å². The summed E-state index contributed by atoms with van der Waals surface area (Å²) in [5, 5.41) is 2.67. The molecule has 1 amide bonds. The lowest BCUT2D eigenvalue weighted by atomic mass is 10.2. The number of ether oxygens (including phenoxy) is 1. The maximum absolute atomic E-state index is 13.4. The van der Waals surface area contributed by atoms with Gasteiger partial charge in [0.15, 0.2) is 0 Å². The molecule has 0 saturated carbocycles. The fraction of sp³-hybridized carbons (Fsp3) is 0.417. The second kappa shape index (κ2) is 5.51. The zero-order chi connectivity index (χ0) is 12.3. The first kappa shape index (κ1) is 12.4. The van der Waals surface area contributed by atoms with Crippen molar-refractivity contribution in [3.8, 4) is 0 Å². The van der Waals surface area contributed by atoms with Crippen molar-refractivity contribution in [1.29, 1.82) is 0 Å². The van der Waals surface area contributed by atoms with Crippen LogP contribution in [0.2, 0.25) is 0 Å². The lowest BCUT2D eigenvalue weighted by Gasteiger charge is -2.11. The van der Waals surface area contributed by atoms with Crippen molar-refractivity contribution in [2.75, 3.05) is 13.2 Å². The quantitative estimate of drug-likeness (QED) is 0.811. The van der Waals surface area contributed by atoms with Crippen LogP contribution in [0.1, 0.15) is 23.2 Å². The van der Waals surface area contributed by atoms with Gasteiger partial charge in [0.25, 0.3) is 5.91 Å². The van der Waals surface area contributed by atoms with Crippen LogP contribution < -0.4 is 5.32 Å². The molecule has 1 aliphatic rings. The van der Waals surface area contributed by atoms with Crippen LogP contribution in [-0.2, 0) is 4.74 Å². The monoisotopic (exact) mass is 255 g/mol. The van der Waals surface area contributed by atoms with Crippen LogP contribution in [0.15, 0.2) is 23.1 Å². The molecule has 1 fully saturated rings. The first-order valence-corrected chi connectivity index (χ1v) is 6.00. The number of nitrogens with one attached hydrogen (secondary N) is 1. The molecule has 0 aliphatic carbocycles. The SMILES string of the molecule is O=C(NCC1CCCO1)c1cc(S)ccc1F. The molecule has 1 aliphatic heterocycles. The fourth-order valence-corrected chi connectivity index (χ4v) is 2.00. The summed E-state index contributed by atoms with van der Waals surface area (Å²) in [7, 11) is 0. The van der Waals surface area contributed by atoms with Crippen LogP contribution in [0.3, 0.4) is 0 Å². The van der Waals surface area contributed by atoms with E-state index in [4.69, 9.17) is 4.74 Å². The maximum atomic E-state index is 13.4. The van der Waals surface area contributed by atoms with Gasteiger partial charge >= 0.3 is 0 Å². The van der Waals surface area contributed by atoms with E-state index in [1.54, 1.807) is 0 Å². The summed E-state index contributed by atoms with van der Waals surface area (Å²) >= 11 is 4.08. The van der Waals surface area contributed by atoms with Gasteiger partial charge in [0.05, 0.1) is 11.7 Å². The number of hydrogen-bond acceptors (Lipinski definition) is 3. The maximum Gasteiger partial charge on any atom is 0.254 e. The minimum Gasteiger partial charge on any atom is -0.376 e. The Morgan fingerprint density at radius 2 is 2.41 bits per heavy atom. The fourth-order valence-electron chi connectivity index (χ4n) is 1.79. The summed E-state index contributed by atoms with van der Waals surface area (Å²) in [5.74, 6) is -0.957. The van der Waals surface area contributed by atoms with E-state index in [1.165, 1.54) is 18.2 Å². The molecular weight excluding hydrogens is 241 g/mol. The van der Waals surface area contributed by atoms with Crippen LogP contribution in [0, 0.1) is 5.82 Å². The summed E-state index contributed by atoms with van der Waals surface area (Å²) in [6.45, 7) is 1.16. The predicted octanol–water partition coefficient (Wildman–Crippen LogP) is 2.02. The average Bonchev–Trinajstić information content (AvgIpc) is 2.82. The third kappa shape index (κ3) is 3.20. The van der Waals surface area contributed by atoms with Crippen LogP contribution in [0.25, 0.3) is 0 Å². The van der Waals surface area contributed by atoms with Crippen molar-refractivity contribution in [2.45, 2.75) is 23.8 Å². The van der Waals surface area contributed by atoms with Gasteiger partial charge < -0.3 is 10.1 Å². The Morgan fingerprint density at radius 3 is 3.12 bits per heavy atom. The Hall–Kier alpha value is -1.07. The van der Waals surface area contributed by atoms with E-state index >= 15 is 0 Å². The van der Waals surface area contributed by atoms with E-state index in [0.717, 1.165) is 19.4 Å². The number of halogens is 1. The van der Waals surface area contributed by atoms with Gasteiger partial charge in [-0.3, -0.25) is 4.79 Å². The van der Waals surface area contributed by atoms with Gasteiger partial charge in [0.1, 0.15) is 5.82 Å². The van der Waals surface area contributed by atoms with Crippen molar-refractivity contribution in [1.82, 2.24) is 5.32 Å². The number of rotatable bonds is 3. The molecule has 17 heavy (non-hydrogen) atoms. The standard InChI is InChI=1S/C12H14FNO2S/c13-11-4-3-9(17)6-10(11)12(15)14-7-8-2-1-5-16-8/h3-4,6,8,17H,1-2,5,7H2,(H,14,15). The van der Waals surface area contributed by atoms with Gasteiger partial charge in [0, 0.05) is 18.0 Å². The third-order valence-corrected chi connectivity index (χ3v) is 2.99. The van der Waals surface area contributed by atoms with Crippen molar-refractivity contribution >= 4 is 18.5 Å². The van der Waals surface area contributed by atoms with Crippen molar-refractivity contribution in [3.05, 3.63) is 29.6 Å². The van der Waals surface area contributed by atoms with Crippen LogP contribution in [0.4, 0.5) is 4.39 Å².